The highest BCUT2D eigenvalue weighted by molar-refractivity contribution is 5.34. The lowest BCUT2D eigenvalue weighted by Gasteiger charge is -2.13. The maximum absolute atomic E-state index is 13.3. The van der Waals surface area contributed by atoms with E-state index in [0.29, 0.717) is 18.4 Å². The molecule has 0 amide bonds. The van der Waals surface area contributed by atoms with E-state index in [1.807, 2.05) is 19.1 Å². The second-order valence-electron chi connectivity index (χ2n) is 5.62. The smallest absolute Gasteiger partial charge is 0.126 e. The van der Waals surface area contributed by atoms with E-state index in [9.17, 15) is 4.39 Å². The van der Waals surface area contributed by atoms with Crippen LogP contribution in [0.4, 0.5) is 4.39 Å². The molecular formula is C18H20FNO. The third kappa shape index (κ3) is 3.82. The highest BCUT2D eigenvalue weighted by atomic mass is 19.1. The van der Waals surface area contributed by atoms with Crippen LogP contribution >= 0.6 is 0 Å². The Morgan fingerprint density at radius 2 is 1.90 bits per heavy atom. The van der Waals surface area contributed by atoms with E-state index in [4.69, 9.17) is 4.74 Å². The normalized spacial score (nSPS) is 14.2. The van der Waals surface area contributed by atoms with Crippen molar-refractivity contribution in [3.63, 3.8) is 0 Å². The van der Waals surface area contributed by atoms with E-state index in [0.717, 1.165) is 17.7 Å². The molecule has 0 radical (unpaired) electrons. The summed E-state index contributed by atoms with van der Waals surface area (Å²) >= 11 is 0. The first kappa shape index (κ1) is 14.1. The van der Waals surface area contributed by atoms with Crippen LogP contribution in [0.5, 0.6) is 5.75 Å². The van der Waals surface area contributed by atoms with Crippen molar-refractivity contribution < 1.29 is 9.13 Å². The Morgan fingerprint density at radius 1 is 1.14 bits per heavy atom. The van der Waals surface area contributed by atoms with Crippen molar-refractivity contribution in [2.24, 2.45) is 0 Å². The maximum Gasteiger partial charge on any atom is 0.126 e. The zero-order chi connectivity index (χ0) is 14.7. The SMILES string of the molecule is Cc1ccc(F)cc1OCc1ccccc1CNC1CC1. The van der Waals surface area contributed by atoms with Crippen LogP contribution in [0.15, 0.2) is 42.5 Å². The van der Waals surface area contributed by atoms with E-state index in [1.54, 1.807) is 6.07 Å². The van der Waals surface area contributed by atoms with E-state index >= 15 is 0 Å². The van der Waals surface area contributed by atoms with Crippen LogP contribution < -0.4 is 10.1 Å². The zero-order valence-corrected chi connectivity index (χ0v) is 12.2. The lowest BCUT2D eigenvalue weighted by atomic mass is 10.1. The van der Waals surface area contributed by atoms with Gasteiger partial charge in [-0.05, 0) is 42.5 Å². The Morgan fingerprint density at radius 3 is 2.67 bits per heavy atom. The summed E-state index contributed by atoms with van der Waals surface area (Å²) < 4.78 is 19.1. The molecule has 0 bridgehead atoms. The molecule has 2 nitrogen and oxygen atoms in total. The second kappa shape index (κ2) is 6.27. The standard InChI is InChI=1S/C18H20FNO/c1-13-6-7-16(19)10-18(13)21-12-15-5-3-2-4-14(15)11-20-17-8-9-17/h2-7,10,17,20H,8-9,11-12H2,1H3. The molecule has 1 aliphatic rings. The monoisotopic (exact) mass is 285 g/mol. The number of aryl methyl sites for hydroxylation is 1. The van der Waals surface area contributed by atoms with Gasteiger partial charge in [0, 0.05) is 18.7 Å². The van der Waals surface area contributed by atoms with Crippen LogP contribution in [0.1, 0.15) is 29.5 Å². The largest absolute Gasteiger partial charge is 0.489 e. The van der Waals surface area contributed by atoms with Gasteiger partial charge < -0.3 is 10.1 Å². The number of halogens is 1. The Labute approximate surface area is 125 Å². The van der Waals surface area contributed by atoms with Gasteiger partial charge in [-0.2, -0.15) is 0 Å². The molecule has 3 rings (SSSR count). The first-order chi connectivity index (χ1) is 10.2. The topological polar surface area (TPSA) is 21.3 Å². The molecule has 0 saturated heterocycles. The number of benzene rings is 2. The van der Waals surface area contributed by atoms with Crippen LogP contribution in [-0.4, -0.2) is 6.04 Å². The van der Waals surface area contributed by atoms with Crippen LogP contribution in [0.2, 0.25) is 0 Å². The summed E-state index contributed by atoms with van der Waals surface area (Å²) in [7, 11) is 0. The maximum atomic E-state index is 13.3. The first-order valence-corrected chi connectivity index (χ1v) is 7.41. The fourth-order valence-corrected chi connectivity index (χ4v) is 2.30. The number of nitrogens with one attached hydrogen (secondary N) is 1. The van der Waals surface area contributed by atoms with E-state index in [-0.39, 0.29) is 5.82 Å². The highest BCUT2D eigenvalue weighted by Crippen LogP contribution is 2.22. The third-order valence-corrected chi connectivity index (χ3v) is 3.81. The summed E-state index contributed by atoms with van der Waals surface area (Å²) in [5.41, 5.74) is 3.35. The molecule has 0 heterocycles. The molecule has 0 aromatic heterocycles. The minimum atomic E-state index is -0.265. The summed E-state index contributed by atoms with van der Waals surface area (Å²) in [6, 6.07) is 13.6. The summed E-state index contributed by atoms with van der Waals surface area (Å²) in [4.78, 5) is 0. The molecule has 1 N–H and O–H groups in total. The van der Waals surface area contributed by atoms with Crippen molar-refractivity contribution in [2.75, 3.05) is 0 Å². The number of rotatable bonds is 6. The van der Waals surface area contributed by atoms with Gasteiger partial charge in [-0.15, -0.1) is 0 Å². The van der Waals surface area contributed by atoms with Gasteiger partial charge in [0.15, 0.2) is 0 Å². The molecule has 0 atom stereocenters. The third-order valence-electron chi connectivity index (χ3n) is 3.81. The number of hydrogen-bond acceptors (Lipinski definition) is 2. The van der Waals surface area contributed by atoms with Crippen molar-refractivity contribution in [1.29, 1.82) is 0 Å². The Bertz CT molecular complexity index is 622. The van der Waals surface area contributed by atoms with Crippen molar-refractivity contribution in [1.82, 2.24) is 5.32 Å². The van der Waals surface area contributed by atoms with Crippen LogP contribution in [0.3, 0.4) is 0 Å². The van der Waals surface area contributed by atoms with E-state index < -0.39 is 0 Å². The van der Waals surface area contributed by atoms with Gasteiger partial charge in [-0.3, -0.25) is 0 Å². The number of hydrogen-bond donors (Lipinski definition) is 1. The summed E-state index contributed by atoms with van der Waals surface area (Å²) in [5.74, 6) is 0.347. The molecule has 0 aliphatic heterocycles. The summed E-state index contributed by atoms with van der Waals surface area (Å²) in [6.07, 6.45) is 2.56. The predicted octanol–water partition coefficient (Wildman–Crippen LogP) is 3.97. The van der Waals surface area contributed by atoms with E-state index in [2.05, 4.69) is 17.4 Å². The molecular weight excluding hydrogens is 265 g/mol. The van der Waals surface area contributed by atoms with E-state index in [1.165, 1.54) is 30.5 Å². The Hall–Kier alpha value is -1.87. The number of ether oxygens (including phenoxy) is 1. The highest BCUT2D eigenvalue weighted by Gasteiger charge is 2.20. The zero-order valence-electron chi connectivity index (χ0n) is 12.2. The minimum Gasteiger partial charge on any atom is -0.489 e. The molecule has 110 valence electrons. The van der Waals surface area contributed by atoms with Crippen molar-refractivity contribution in [3.05, 3.63) is 65.0 Å². The quantitative estimate of drug-likeness (QED) is 0.867. The summed E-state index contributed by atoms with van der Waals surface area (Å²) in [6.45, 7) is 3.26. The molecule has 21 heavy (non-hydrogen) atoms. The molecule has 1 saturated carbocycles. The molecule has 0 unspecified atom stereocenters. The van der Waals surface area contributed by atoms with Gasteiger partial charge in [0.1, 0.15) is 18.2 Å². The minimum absolute atomic E-state index is 0.265. The molecule has 1 fully saturated rings. The predicted molar refractivity (Wildman–Crippen MR) is 81.8 cm³/mol. The van der Waals surface area contributed by atoms with Gasteiger partial charge in [-0.1, -0.05) is 30.3 Å². The molecule has 2 aromatic carbocycles. The molecule has 1 aliphatic carbocycles. The van der Waals surface area contributed by atoms with Crippen LogP contribution in [0.25, 0.3) is 0 Å². The fraction of sp³-hybridized carbons (Fsp3) is 0.333. The van der Waals surface area contributed by atoms with Gasteiger partial charge in [0.2, 0.25) is 0 Å². The van der Waals surface area contributed by atoms with Crippen molar-refractivity contribution in [2.45, 2.75) is 39.0 Å². The fourth-order valence-electron chi connectivity index (χ4n) is 2.30. The van der Waals surface area contributed by atoms with Gasteiger partial charge >= 0.3 is 0 Å². The van der Waals surface area contributed by atoms with Crippen LogP contribution in [0, 0.1) is 12.7 Å². The lowest BCUT2D eigenvalue weighted by Crippen LogP contribution is -2.16. The van der Waals surface area contributed by atoms with Crippen LogP contribution in [-0.2, 0) is 13.2 Å². The average molecular weight is 285 g/mol. The van der Waals surface area contributed by atoms with Gasteiger partial charge in [0.25, 0.3) is 0 Å². The molecule has 3 heteroatoms. The van der Waals surface area contributed by atoms with Crippen molar-refractivity contribution in [3.8, 4) is 5.75 Å². The van der Waals surface area contributed by atoms with Crippen molar-refractivity contribution >= 4 is 0 Å². The first-order valence-electron chi connectivity index (χ1n) is 7.41. The van der Waals surface area contributed by atoms with Gasteiger partial charge in [-0.25, -0.2) is 4.39 Å². The second-order valence-corrected chi connectivity index (χ2v) is 5.62. The Kier molecular flexibility index (Phi) is 4.20. The summed E-state index contributed by atoms with van der Waals surface area (Å²) in [5, 5.41) is 3.52. The lowest BCUT2D eigenvalue weighted by molar-refractivity contribution is 0.301. The van der Waals surface area contributed by atoms with Gasteiger partial charge in [0.05, 0.1) is 0 Å². The Balaban J connectivity index is 1.67. The molecule has 0 spiro atoms. The average Bonchev–Trinajstić information content (AvgIpc) is 3.31. The molecule has 2 aromatic rings.